The van der Waals surface area contributed by atoms with E-state index in [9.17, 15) is 4.79 Å². The zero-order valence-electron chi connectivity index (χ0n) is 14.1. The minimum absolute atomic E-state index is 0.0316. The minimum atomic E-state index is 0.0316. The molecular weight excluding hydrogens is 288 g/mol. The predicted octanol–water partition coefficient (Wildman–Crippen LogP) is 2.69. The molecule has 5 nitrogen and oxygen atoms in total. The first kappa shape index (κ1) is 17.2. The molecule has 23 heavy (non-hydrogen) atoms. The highest BCUT2D eigenvalue weighted by Gasteiger charge is 2.14. The fourth-order valence-electron chi connectivity index (χ4n) is 2.47. The van der Waals surface area contributed by atoms with Crippen molar-refractivity contribution >= 4 is 5.91 Å². The van der Waals surface area contributed by atoms with E-state index in [-0.39, 0.29) is 24.0 Å². The predicted molar refractivity (Wildman–Crippen MR) is 92.0 cm³/mol. The monoisotopic (exact) mass is 314 g/mol. The van der Waals surface area contributed by atoms with E-state index in [0.717, 1.165) is 5.56 Å². The van der Waals surface area contributed by atoms with Gasteiger partial charge in [0.05, 0.1) is 12.1 Å². The number of carbonyl (C=O) groups is 1. The minimum Gasteiger partial charge on any atom is -0.350 e. The smallest absolute Gasteiger partial charge is 0.221 e. The second-order valence-electron chi connectivity index (χ2n) is 5.92. The number of hydrogen-bond donors (Lipinski definition) is 2. The summed E-state index contributed by atoms with van der Waals surface area (Å²) >= 11 is 0. The first-order valence-electron chi connectivity index (χ1n) is 8.14. The standard InChI is InChI=1S/C18H26N4O/c1-14(16(3)22-13-7-11-20-22)19-12-10-18(23)21-15(2)17-8-5-4-6-9-17/h4-9,11,13-16,19H,10,12H2,1-3H3,(H,21,23)/t14-,15-,16+/m0/s1. The molecule has 2 N–H and O–H groups in total. The molecule has 1 aromatic heterocycles. The van der Waals surface area contributed by atoms with Gasteiger partial charge in [0.2, 0.25) is 5.91 Å². The molecule has 0 radical (unpaired) electrons. The van der Waals surface area contributed by atoms with E-state index in [4.69, 9.17) is 0 Å². The summed E-state index contributed by atoms with van der Waals surface area (Å²) in [6.07, 6.45) is 4.20. The van der Waals surface area contributed by atoms with E-state index in [1.165, 1.54) is 0 Å². The van der Waals surface area contributed by atoms with Gasteiger partial charge in [-0.2, -0.15) is 5.10 Å². The second-order valence-corrected chi connectivity index (χ2v) is 5.92. The average Bonchev–Trinajstić information content (AvgIpc) is 3.09. The van der Waals surface area contributed by atoms with E-state index in [1.807, 2.05) is 54.2 Å². The quantitative estimate of drug-likeness (QED) is 0.787. The number of benzene rings is 1. The van der Waals surface area contributed by atoms with Gasteiger partial charge in [0.15, 0.2) is 0 Å². The van der Waals surface area contributed by atoms with Crippen molar-refractivity contribution in [2.24, 2.45) is 0 Å². The van der Waals surface area contributed by atoms with Crippen LogP contribution in [0, 0.1) is 0 Å². The SMILES string of the molecule is C[C@H](NC(=O)CCN[C@@H](C)[C@@H](C)n1cccn1)c1ccccc1. The van der Waals surface area contributed by atoms with Gasteiger partial charge in [-0.3, -0.25) is 9.48 Å². The van der Waals surface area contributed by atoms with E-state index >= 15 is 0 Å². The van der Waals surface area contributed by atoms with Crippen molar-refractivity contribution in [2.75, 3.05) is 6.54 Å². The topological polar surface area (TPSA) is 59.0 Å². The Morgan fingerprint density at radius 3 is 2.57 bits per heavy atom. The number of aromatic nitrogens is 2. The van der Waals surface area contributed by atoms with Gasteiger partial charge < -0.3 is 10.6 Å². The molecule has 1 amide bonds. The van der Waals surface area contributed by atoms with E-state index in [0.29, 0.717) is 13.0 Å². The van der Waals surface area contributed by atoms with Crippen LogP contribution >= 0.6 is 0 Å². The first-order valence-corrected chi connectivity index (χ1v) is 8.14. The molecule has 0 unspecified atom stereocenters. The summed E-state index contributed by atoms with van der Waals surface area (Å²) in [6.45, 7) is 6.88. The lowest BCUT2D eigenvalue weighted by atomic mass is 10.1. The van der Waals surface area contributed by atoms with Crippen LogP contribution in [-0.2, 0) is 4.79 Å². The fraction of sp³-hybridized carbons (Fsp3) is 0.444. The Kier molecular flexibility index (Phi) is 6.35. The molecule has 3 atom stereocenters. The first-order chi connectivity index (χ1) is 11.1. The van der Waals surface area contributed by atoms with Crippen molar-refractivity contribution in [1.29, 1.82) is 0 Å². The molecule has 0 aliphatic heterocycles. The van der Waals surface area contributed by atoms with E-state index in [2.05, 4.69) is 29.6 Å². The van der Waals surface area contributed by atoms with Crippen LogP contribution in [0.2, 0.25) is 0 Å². The normalized spacial score (nSPS) is 14.9. The molecule has 1 aromatic carbocycles. The summed E-state index contributed by atoms with van der Waals surface area (Å²) in [5.41, 5.74) is 1.12. The number of hydrogen-bond acceptors (Lipinski definition) is 3. The van der Waals surface area contributed by atoms with Crippen molar-refractivity contribution in [3.63, 3.8) is 0 Å². The molecule has 0 aliphatic rings. The van der Waals surface area contributed by atoms with Gasteiger partial charge in [-0.05, 0) is 32.4 Å². The number of nitrogens with zero attached hydrogens (tertiary/aromatic N) is 2. The van der Waals surface area contributed by atoms with Crippen LogP contribution in [0.4, 0.5) is 0 Å². The van der Waals surface area contributed by atoms with Crippen LogP contribution in [0.25, 0.3) is 0 Å². The summed E-state index contributed by atoms with van der Waals surface area (Å²) < 4.78 is 1.93. The Bertz CT molecular complexity index is 582. The molecule has 0 saturated carbocycles. The number of amides is 1. The lowest BCUT2D eigenvalue weighted by Crippen LogP contribution is -2.37. The molecule has 5 heteroatoms. The lowest BCUT2D eigenvalue weighted by molar-refractivity contribution is -0.121. The highest BCUT2D eigenvalue weighted by Crippen LogP contribution is 2.11. The maximum absolute atomic E-state index is 12.0. The Labute approximate surface area is 138 Å². The Hall–Kier alpha value is -2.14. The summed E-state index contributed by atoms with van der Waals surface area (Å²) in [7, 11) is 0. The van der Waals surface area contributed by atoms with Crippen molar-refractivity contribution in [3.05, 3.63) is 54.4 Å². The highest BCUT2D eigenvalue weighted by atomic mass is 16.1. The third kappa shape index (κ3) is 5.21. The van der Waals surface area contributed by atoms with E-state index < -0.39 is 0 Å². The van der Waals surface area contributed by atoms with Gasteiger partial charge in [-0.1, -0.05) is 30.3 Å². The van der Waals surface area contributed by atoms with Gasteiger partial charge in [0, 0.05) is 31.4 Å². The highest BCUT2D eigenvalue weighted by molar-refractivity contribution is 5.76. The third-order valence-electron chi connectivity index (χ3n) is 4.16. The van der Waals surface area contributed by atoms with Crippen molar-refractivity contribution in [2.45, 2.75) is 45.3 Å². The number of rotatable bonds is 8. The zero-order valence-corrected chi connectivity index (χ0v) is 14.1. The van der Waals surface area contributed by atoms with Crippen LogP contribution in [0.5, 0.6) is 0 Å². The van der Waals surface area contributed by atoms with Gasteiger partial charge >= 0.3 is 0 Å². The van der Waals surface area contributed by atoms with Crippen LogP contribution in [0.15, 0.2) is 48.8 Å². The molecule has 0 saturated heterocycles. The fourth-order valence-corrected chi connectivity index (χ4v) is 2.47. The maximum Gasteiger partial charge on any atom is 0.221 e. The maximum atomic E-state index is 12.0. The molecule has 0 bridgehead atoms. The van der Waals surface area contributed by atoms with Crippen molar-refractivity contribution < 1.29 is 4.79 Å². The molecule has 0 fully saturated rings. The van der Waals surface area contributed by atoms with Crippen molar-refractivity contribution in [1.82, 2.24) is 20.4 Å². The molecule has 1 heterocycles. The molecular formula is C18H26N4O. The van der Waals surface area contributed by atoms with Crippen LogP contribution in [-0.4, -0.2) is 28.3 Å². The number of nitrogens with one attached hydrogen (secondary N) is 2. The average molecular weight is 314 g/mol. The third-order valence-corrected chi connectivity index (χ3v) is 4.16. The molecule has 0 aliphatic carbocycles. The van der Waals surface area contributed by atoms with Crippen LogP contribution < -0.4 is 10.6 Å². The molecule has 2 rings (SSSR count). The molecule has 2 aromatic rings. The molecule has 0 spiro atoms. The number of carbonyl (C=O) groups excluding carboxylic acids is 1. The summed E-state index contributed by atoms with van der Waals surface area (Å²) in [4.78, 5) is 12.0. The molecule has 124 valence electrons. The van der Waals surface area contributed by atoms with Crippen LogP contribution in [0.3, 0.4) is 0 Å². The Balaban J connectivity index is 1.70. The largest absolute Gasteiger partial charge is 0.350 e. The summed E-state index contributed by atoms with van der Waals surface area (Å²) in [6, 6.07) is 12.4. The lowest BCUT2D eigenvalue weighted by Gasteiger charge is -2.22. The van der Waals surface area contributed by atoms with Gasteiger partial charge in [-0.15, -0.1) is 0 Å². The Morgan fingerprint density at radius 2 is 1.91 bits per heavy atom. The Morgan fingerprint density at radius 1 is 1.17 bits per heavy atom. The zero-order chi connectivity index (χ0) is 16.7. The second kappa shape index (κ2) is 8.48. The van der Waals surface area contributed by atoms with Crippen molar-refractivity contribution in [3.8, 4) is 0 Å². The van der Waals surface area contributed by atoms with Gasteiger partial charge in [0.1, 0.15) is 0 Å². The van der Waals surface area contributed by atoms with Gasteiger partial charge in [0.25, 0.3) is 0 Å². The summed E-state index contributed by atoms with van der Waals surface area (Å²) in [5.74, 6) is 0.0628. The van der Waals surface area contributed by atoms with Crippen LogP contribution in [0.1, 0.15) is 44.8 Å². The van der Waals surface area contributed by atoms with E-state index in [1.54, 1.807) is 6.20 Å². The summed E-state index contributed by atoms with van der Waals surface area (Å²) in [5, 5.41) is 10.7. The van der Waals surface area contributed by atoms with Gasteiger partial charge in [-0.25, -0.2) is 0 Å².